The summed E-state index contributed by atoms with van der Waals surface area (Å²) in [7, 11) is 1.90. The molecule has 2 aliphatic rings. The molecule has 2 fully saturated rings. The van der Waals surface area contributed by atoms with Crippen molar-refractivity contribution in [1.82, 2.24) is 10.2 Å². The molecule has 1 N–H and O–H groups in total. The van der Waals surface area contributed by atoms with Crippen molar-refractivity contribution in [2.24, 2.45) is 0 Å². The normalized spacial score (nSPS) is 39.9. The van der Waals surface area contributed by atoms with Gasteiger partial charge in [0.2, 0.25) is 0 Å². The third kappa shape index (κ3) is 1.36. The lowest BCUT2D eigenvalue weighted by molar-refractivity contribution is -0.108. The van der Waals surface area contributed by atoms with Crippen molar-refractivity contribution >= 4 is 0 Å². The number of hydrogen-bond donors (Lipinski definition) is 1. The van der Waals surface area contributed by atoms with E-state index in [2.05, 4.69) is 5.32 Å². The first-order chi connectivity index (χ1) is 6.06. The van der Waals surface area contributed by atoms with Gasteiger partial charge in [-0.3, -0.25) is 0 Å². The van der Waals surface area contributed by atoms with E-state index in [0.29, 0.717) is 19.4 Å². The molecule has 2 aliphatic heterocycles. The summed E-state index contributed by atoms with van der Waals surface area (Å²) in [6.07, 6.45) is 1.23. The van der Waals surface area contributed by atoms with E-state index in [-0.39, 0.29) is 6.42 Å². The molecular weight excluding hydrogens is 174 g/mol. The molecule has 1 atom stereocenters. The maximum absolute atomic E-state index is 13.6. The van der Waals surface area contributed by atoms with Gasteiger partial charge in [0.1, 0.15) is 0 Å². The molecule has 0 aliphatic carbocycles. The van der Waals surface area contributed by atoms with E-state index >= 15 is 0 Å². The fourth-order valence-electron chi connectivity index (χ4n) is 2.45. The second-order valence-electron chi connectivity index (χ2n) is 4.30. The highest BCUT2D eigenvalue weighted by Gasteiger charge is 2.56. The summed E-state index contributed by atoms with van der Waals surface area (Å²) in [6, 6.07) is 0. The van der Waals surface area contributed by atoms with Gasteiger partial charge in [-0.1, -0.05) is 0 Å². The van der Waals surface area contributed by atoms with Crippen molar-refractivity contribution in [3.05, 3.63) is 0 Å². The van der Waals surface area contributed by atoms with Crippen LogP contribution >= 0.6 is 0 Å². The van der Waals surface area contributed by atoms with Crippen LogP contribution in [0.2, 0.25) is 0 Å². The highest BCUT2D eigenvalue weighted by atomic mass is 19.3. The summed E-state index contributed by atoms with van der Waals surface area (Å²) in [5.74, 6) is -2.52. The van der Waals surface area contributed by atoms with Crippen molar-refractivity contribution in [2.75, 3.05) is 26.7 Å². The third-order valence-corrected chi connectivity index (χ3v) is 3.29. The van der Waals surface area contributed by atoms with Crippen LogP contribution in [-0.2, 0) is 0 Å². The molecule has 13 heavy (non-hydrogen) atoms. The first kappa shape index (κ1) is 9.34. The number of likely N-dealkylation sites (tertiary alicyclic amines) is 1. The topological polar surface area (TPSA) is 15.3 Å². The zero-order chi connectivity index (χ0) is 9.53. The maximum atomic E-state index is 13.6. The Bertz CT molecular complexity index is 204. The quantitative estimate of drug-likeness (QED) is 0.615. The summed E-state index contributed by atoms with van der Waals surface area (Å²) < 4.78 is 27.3. The molecule has 2 saturated heterocycles. The minimum atomic E-state index is -2.52. The number of piperidine rings is 1. The van der Waals surface area contributed by atoms with E-state index in [1.54, 1.807) is 0 Å². The molecule has 1 unspecified atom stereocenters. The summed E-state index contributed by atoms with van der Waals surface area (Å²) in [5, 5.41) is 3.02. The molecule has 2 nitrogen and oxygen atoms in total. The van der Waals surface area contributed by atoms with Crippen molar-refractivity contribution < 1.29 is 8.78 Å². The van der Waals surface area contributed by atoms with Gasteiger partial charge in [-0.15, -0.1) is 0 Å². The van der Waals surface area contributed by atoms with E-state index in [1.807, 2.05) is 11.9 Å². The minimum Gasteiger partial charge on any atom is -0.305 e. The monoisotopic (exact) mass is 190 g/mol. The molecule has 0 aromatic rings. The number of nitrogens with zero attached hydrogens (tertiary/aromatic N) is 1. The standard InChI is InChI=1S/C9H16F2N2/c1-13-6-4-8(7-13)9(10,11)3-2-5-12-8/h12H,2-7H2,1H3. The first-order valence-electron chi connectivity index (χ1n) is 4.87. The van der Waals surface area contributed by atoms with E-state index in [1.165, 1.54) is 0 Å². The Labute approximate surface area is 77.3 Å². The molecule has 4 heteroatoms. The van der Waals surface area contributed by atoms with Gasteiger partial charge in [-0.25, -0.2) is 8.78 Å². The van der Waals surface area contributed by atoms with Crippen LogP contribution in [-0.4, -0.2) is 43.0 Å². The van der Waals surface area contributed by atoms with Gasteiger partial charge in [0.05, 0.1) is 5.54 Å². The molecule has 0 aromatic heterocycles. The Kier molecular flexibility index (Phi) is 2.07. The number of likely N-dealkylation sites (N-methyl/N-ethyl adjacent to an activating group) is 1. The zero-order valence-corrected chi connectivity index (χ0v) is 7.95. The lowest BCUT2D eigenvalue weighted by Gasteiger charge is -2.41. The molecule has 2 rings (SSSR count). The van der Waals surface area contributed by atoms with Gasteiger partial charge in [0, 0.05) is 13.0 Å². The highest BCUT2D eigenvalue weighted by Crippen LogP contribution is 2.41. The van der Waals surface area contributed by atoms with Gasteiger partial charge < -0.3 is 10.2 Å². The molecule has 1 spiro atoms. The van der Waals surface area contributed by atoms with Crippen LogP contribution < -0.4 is 5.32 Å². The number of rotatable bonds is 0. The average molecular weight is 190 g/mol. The summed E-state index contributed by atoms with van der Waals surface area (Å²) in [6.45, 7) is 2.01. The zero-order valence-electron chi connectivity index (χ0n) is 7.95. The fourth-order valence-corrected chi connectivity index (χ4v) is 2.45. The second kappa shape index (κ2) is 2.89. The van der Waals surface area contributed by atoms with Gasteiger partial charge >= 0.3 is 0 Å². The Morgan fingerprint density at radius 2 is 2.08 bits per heavy atom. The highest BCUT2D eigenvalue weighted by molar-refractivity contribution is 5.08. The third-order valence-electron chi connectivity index (χ3n) is 3.29. The Morgan fingerprint density at radius 3 is 2.62 bits per heavy atom. The number of halogens is 2. The van der Waals surface area contributed by atoms with Crippen molar-refractivity contribution in [2.45, 2.75) is 30.7 Å². The molecule has 0 bridgehead atoms. The minimum absolute atomic E-state index is 0.0494. The smallest absolute Gasteiger partial charge is 0.267 e. The van der Waals surface area contributed by atoms with Crippen LogP contribution in [0.3, 0.4) is 0 Å². The lowest BCUT2D eigenvalue weighted by atomic mass is 9.84. The molecule has 76 valence electrons. The van der Waals surface area contributed by atoms with E-state index < -0.39 is 11.5 Å². The predicted octanol–water partition coefficient (Wildman–Crippen LogP) is 1.08. The van der Waals surface area contributed by atoms with Gasteiger partial charge in [-0.2, -0.15) is 0 Å². The largest absolute Gasteiger partial charge is 0.305 e. The van der Waals surface area contributed by atoms with Crippen molar-refractivity contribution in [3.63, 3.8) is 0 Å². The average Bonchev–Trinajstić information content (AvgIpc) is 2.41. The Hall–Kier alpha value is -0.220. The fraction of sp³-hybridized carbons (Fsp3) is 1.00. The van der Waals surface area contributed by atoms with Gasteiger partial charge in [-0.05, 0) is 33.0 Å². The Balaban J connectivity index is 2.19. The molecular formula is C9H16F2N2. The van der Waals surface area contributed by atoms with Crippen LogP contribution in [0.1, 0.15) is 19.3 Å². The van der Waals surface area contributed by atoms with Gasteiger partial charge in [0.25, 0.3) is 5.92 Å². The summed E-state index contributed by atoms with van der Waals surface area (Å²) in [5.41, 5.74) is -0.917. The number of nitrogens with one attached hydrogen (secondary N) is 1. The predicted molar refractivity (Wildman–Crippen MR) is 47.0 cm³/mol. The van der Waals surface area contributed by atoms with Crippen LogP contribution in [0, 0.1) is 0 Å². The molecule has 0 saturated carbocycles. The summed E-state index contributed by atoms with van der Waals surface area (Å²) in [4.78, 5) is 1.98. The van der Waals surface area contributed by atoms with Crippen LogP contribution in [0.25, 0.3) is 0 Å². The lowest BCUT2D eigenvalue weighted by Crippen LogP contribution is -2.63. The van der Waals surface area contributed by atoms with Gasteiger partial charge in [0.15, 0.2) is 0 Å². The van der Waals surface area contributed by atoms with Crippen LogP contribution in [0.4, 0.5) is 8.78 Å². The van der Waals surface area contributed by atoms with E-state index in [0.717, 1.165) is 13.1 Å². The number of alkyl halides is 2. The van der Waals surface area contributed by atoms with E-state index in [4.69, 9.17) is 0 Å². The van der Waals surface area contributed by atoms with E-state index in [9.17, 15) is 8.78 Å². The maximum Gasteiger partial charge on any atom is 0.267 e. The van der Waals surface area contributed by atoms with Crippen molar-refractivity contribution in [1.29, 1.82) is 0 Å². The second-order valence-corrected chi connectivity index (χ2v) is 4.30. The first-order valence-corrected chi connectivity index (χ1v) is 4.87. The van der Waals surface area contributed by atoms with Crippen molar-refractivity contribution in [3.8, 4) is 0 Å². The number of hydrogen-bond acceptors (Lipinski definition) is 2. The Morgan fingerprint density at radius 1 is 1.31 bits per heavy atom. The molecule has 2 heterocycles. The molecule has 0 amide bonds. The van der Waals surface area contributed by atoms with Crippen LogP contribution in [0.5, 0.6) is 0 Å². The molecule has 0 aromatic carbocycles. The van der Waals surface area contributed by atoms with Crippen LogP contribution in [0.15, 0.2) is 0 Å². The summed E-state index contributed by atoms with van der Waals surface area (Å²) >= 11 is 0. The SMILES string of the molecule is CN1CCC2(C1)NCCCC2(F)F. The molecule has 0 radical (unpaired) electrons.